The molecule has 1 amide bonds. The molecule has 1 saturated heterocycles. The molecule has 9 heteroatoms. The smallest absolute Gasteiger partial charge is 0.354 e. The highest BCUT2D eigenvalue weighted by Crippen LogP contribution is 2.19. The van der Waals surface area contributed by atoms with Gasteiger partial charge in [0.05, 0.1) is 11.8 Å². The molecule has 0 radical (unpaired) electrons. The lowest BCUT2D eigenvalue weighted by Crippen LogP contribution is -2.53. The highest BCUT2D eigenvalue weighted by Gasteiger charge is 2.29. The fourth-order valence-electron chi connectivity index (χ4n) is 3.46. The number of anilines is 1. The topological polar surface area (TPSA) is 121 Å². The van der Waals surface area contributed by atoms with Crippen LogP contribution >= 0.6 is 0 Å². The number of aliphatic hydroxyl groups excluding tert-OH is 1. The third-order valence-electron chi connectivity index (χ3n) is 4.71. The average Bonchev–Trinajstić information content (AvgIpc) is 3.02. The molecule has 1 fully saturated rings. The van der Waals surface area contributed by atoms with Gasteiger partial charge in [-0.05, 0) is 31.0 Å². The summed E-state index contributed by atoms with van der Waals surface area (Å²) < 4.78 is 1.56. The standard InChI is InChI=1S/C19H25N5O4/c1-3-5-12-9-16(23(2)22-12)18(26)20-13-8-14(25)11-24(10-13)17-7-4-6-15(21-17)19(27)28/h4,6-7,9,13-14,25H,3,5,8,10-11H2,1-2H3,(H,20,26)(H,27,28)/t13-,14+/m0/s1. The molecule has 1 aliphatic rings. The Kier molecular flexibility index (Phi) is 5.93. The summed E-state index contributed by atoms with van der Waals surface area (Å²) in [6.07, 6.45) is 1.52. The number of pyridine rings is 1. The lowest BCUT2D eigenvalue weighted by Gasteiger charge is -2.36. The summed E-state index contributed by atoms with van der Waals surface area (Å²) in [6.45, 7) is 2.81. The zero-order chi connectivity index (χ0) is 20.3. The number of carbonyl (C=O) groups excluding carboxylic acids is 1. The minimum Gasteiger partial charge on any atom is -0.477 e. The number of amides is 1. The second-order valence-corrected chi connectivity index (χ2v) is 7.05. The van der Waals surface area contributed by atoms with E-state index in [1.54, 1.807) is 34.8 Å². The van der Waals surface area contributed by atoms with E-state index in [0.717, 1.165) is 18.5 Å². The summed E-state index contributed by atoms with van der Waals surface area (Å²) in [5, 5.41) is 26.7. The fourth-order valence-corrected chi connectivity index (χ4v) is 3.46. The third-order valence-corrected chi connectivity index (χ3v) is 4.71. The van der Waals surface area contributed by atoms with Gasteiger partial charge in [0.25, 0.3) is 5.91 Å². The maximum Gasteiger partial charge on any atom is 0.354 e. The monoisotopic (exact) mass is 387 g/mol. The van der Waals surface area contributed by atoms with Gasteiger partial charge in [-0.1, -0.05) is 19.4 Å². The molecule has 2 atom stereocenters. The van der Waals surface area contributed by atoms with Crippen LogP contribution in [0.25, 0.3) is 0 Å². The van der Waals surface area contributed by atoms with Crippen LogP contribution < -0.4 is 10.2 Å². The number of piperidine rings is 1. The predicted molar refractivity (Wildman–Crippen MR) is 102 cm³/mol. The molecule has 0 bridgehead atoms. The lowest BCUT2D eigenvalue weighted by molar-refractivity contribution is 0.0690. The summed E-state index contributed by atoms with van der Waals surface area (Å²) in [7, 11) is 1.73. The van der Waals surface area contributed by atoms with Crippen molar-refractivity contribution in [2.75, 3.05) is 18.0 Å². The van der Waals surface area contributed by atoms with Crippen molar-refractivity contribution in [3.8, 4) is 0 Å². The molecule has 150 valence electrons. The van der Waals surface area contributed by atoms with Crippen LogP contribution in [0, 0.1) is 0 Å². The quantitative estimate of drug-likeness (QED) is 0.671. The number of hydrogen-bond acceptors (Lipinski definition) is 6. The second-order valence-electron chi connectivity index (χ2n) is 7.05. The zero-order valence-electron chi connectivity index (χ0n) is 16.0. The molecule has 3 N–H and O–H groups in total. The van der Waals surface area contributed by atoms with Gasteiger partial charge < -0.3 is 20.4 Å². The first kappa shape index (κ1) is 19.8. The SMILES string of the molecule is CCCc1cc(C(=O)N[C@H]2C[C@@H](O)CN(c3cccc(C(=O)O)n3)C2)n(C)n1. The molecule has 9 nitrogen and oxygen atoms in total. The normalized spacial score (nSPS) is 19.5. The van der Waals surface area contributed by atoms with Crippen LogP contribution in [-0.2, 0) is 13.5 Å². The number of aromatic carboxylic acids is 1. The molecule has 3 rings (SSSR count). The summed E-state index contributed by atoms with van der Waals surface area (Å²) in [5.74, 6) is -0.893. The van der Waals surface area contributed by atoms with Gasteiger partial charge in [0.15, 0.2) is 5.69 Å². The van der Waals surface area contributed by atoms with Crippen molar-refractivity contribution in [2.24, 2.45) is 7.05 Å². The van der Waals surface area contributed by atoms with E-state index in [0.29, 0.717) is 31.0 Å². The Morgan fingerprint density at radius 1 is 1.32 bits per heavy atom. The van der Waals surface area contributed by atoms with E-state index in [4.69, 9.17) is 5.11 Å². The van der Waals surface area contributed by atoms with Crippen molar-refractivity contribution in [3.05, 3.63) is 41.3 Å². The van der Waals surface area contributed by atoms with E-state index in [-0.39, 0.29) is 17.6 Å². The number of β-amino-alcohol motifs (C(OH)–C–C–N with tert-alkyl or cyclic N) is 1. The van der Waals surface area contributed by atoms with Gasteiger partial charge in [-0.2, -0.15) is 5.10 Å². The Morgan fingerprint density at radius 3 is 2.82 bits per heavy atom. The lowest BCUT2D eigenvalue weighted by atomic mass is 10.0. The Hall–Kier alpha value is -2.94. The van der Waals surface area contributed by atoms with Gasteiger partial charge in [0, 0.05) is 26.2 Å². The molecule has 2 aromatic rings. The first-order valence-electron chi connectivity index (χ1n) is 9.34. The van der Waals surface area contributed by atoms with Gasteiger partial charge in [0.1, 0.15) is 11.5 Å². The van der Waals surface area contributed by atoms with E-state index < -0.39 is 12.1 Å². The fraction of sp³-hybridized carbons (Fsp3) is 0.474. The van der Waals surface area contributed by atoms with E-state index in [9.17, 15) is 14.7 Å². The van der Waals surface area contributed by atoms with Crippen molar-refractivity contribution < 1.29 is 19.8 Å². The molecule has 0 saturated carbocycles. The first-order chi connectivity index (χ1) is 13.4. The number of aryl methyl sites for hydroxylation is 2. The van der Waals surface area contributed by atoms with Crippen LogP contribution in [0.2, 0.25) is 0 Å². The molecule has 0 spiro atoms. The number of rotatable bonds is 6. The van der Waals surface area contributed by atoms with Crippen LogP contribution in [0.1, 0.15) is 46.4 Å². The first-order valence-corrected chi connectivity index (χ1v) is 9.34. The van der Waals surface area contributed by atoms with E-state index in [2.05, 4.69) is 22.3 Å². The largest absolute Gasteiger partial charge is 0.477 e. The van der Waals surface area contributed by atoms with Crippen LogP contribution in [0.15, 0.2) is 24.3 Å². The molecule has 3 heterocycles. The second kappa shape index (κ2) is 8.39. The third kappa shape index (κ3) is 4.48. The highest BCUT2D eigenvalue weighted by molar-refractivity contribution is 5.93. The number of aromatic nitrogens is 3. The molecule has 0 aliphatic carbocycles. The molecule has 28 heavy (non-hydrogen) atoms. The van der Waals surface area contributed by atoms with Crippen molar-refractivity contribution >= 4 is 17.7 Å². The number of carboxylic acid groups (broad SMARTS) is 1. The maximum absolute atomic E-state index is 12.7. The number of carbonyl (C=O) groups is 2. The predicted octanol–water partition coefficient (Wildman–Crippen LogP) is 0.835. The number of aliphatic hydroxyl groups is 1. The highest BCUT2D eigenvalue weighted by atomic mass is 16.4. The summed E-state index contributed by atoms with van der Waals surface area (Å²) in [4.78, 5) is 29.7. The van der Waals surface area contributed by atoms with Gasteiger partial charge in [-0.3, -0.25) is 9.48 Å². The molecule has 0 aromatic carbocycles. The summed E-state index contributed by atoms with van der Waals surface area (Å²) >= 11 is 0. The van der Waals surface area contributed by atoms with Gasteiger partial charge in [0.2, 0.25) is 0 Å². The molecule has 0 unspecified atom stereocenters. The van der Waals surface area contributed by atoms with E-state index >= 15 is 0 Å². The van der Waals surface area contributed by atoms with Gasteiger partial charge in [-0.25, -0.2) is 9.78 Å². The number of nitrogens with one attached hydrogen (secondary N) is 1. The van der Waals surface area contributed by atoms with Gasteiger partial charge >= 0.3 is 5.97 Å². The molecular formula is C19H25N5O4. The minimum absolute atomic E-state index is 0.0588. The molecule has 1 aliphatic heterocycles. The zero-order valence-corrected chi connectivity index (χ0v) is 16.0. The maximum atomic E-state index is 12.7. The Labute approximate surface area is 163 Å². The Morgan fingerprint density at radius 2 is 2.11 bits per heavy atom. The Bertz CT molecular complexity index is 866. The summed E-state index contributed by atoms with van der Waals surface area (Å²) in [6, 6.07) is 6.22. The van der Waals surface area contributed by atoms with Crippen molar-refractivity contribution in [3.63, 3.8) is 0 Å². The van der Waals surface area contributed by atoms with Crippen LogP contribution in [0.3, 0.4) is 0 Å². The van der Waals surface area contributed by atoms with Crippen LogP contribution in [0.5, 0.6) is 0 Å². The number of hydrogen-bond donors (Lipinski definition) is 3. The van der Waals surface area contributed by atoms with Gasteiger partial charge in [-0.15, -0.1) is 0 Å². The van der Waals surface area contributed by atoms with Crippen LogP contribution in [0.4, 0.5) is 5.82 Å². The molecule has 2 aromatic heterocycles. The van der Waals surface area contributed by atoms with E-state index in [1.165, 1.54) is 6.07 Å². The van der Waals surface area contributed by atoms with Crippen molar-refractivity contribution in [1.29, 1.82) is 0 Å². The van der Waals surface area contributed by atoms with Crippen LogP contribution in [-0.4, -0.2) is 62.1 Å². The van der Waals surface area contributed by atoms with E-state index in [1.807, 2.05) is 0 Å². The minimum atomic E-state index is -1.11. The molecular weight excluding hydrogens is 362 g/mol. The number of nitrogens with zero attached hydrogens (tertiary/aromatic N) is 4. The Balaban J connectivity index is 1.72. The summed E-state index contributed by atoms with van der Waals surface area (Å²) in [5.41, 5.74) is 1.28. The van der Waals surface area contributed by atoms with Crippen molar-refractivity contribution in [1.82, 2.24) is 20.1 Å². The number of carboxylic acids is 1. The van der Waals surface area contributed by atoms with Crippen molar-refractivity contribution in [2.45, 2.75) is 38.3 Å². The average molecular weight is 387 g/mol.